The molecule has 7 heteroatoms. The van der Waals surface area contributed by atoms with E-state index < -0.39 is 5.97 Å². The summed E-state index contributed by atoms with van der Waals surface area (Å²) in [5.74, 6) is -1.21. The Balaban J connectivity index is 1.83. The van der Waals surface area contributed by atoms with Crippen LogP contribution in [0.5, 0.6) is 0 Å². The molecule has 1 aromatic rings. The number of carboxylic acid groups (broad SMARTS) is 1. The minimum absolute atomic E-state index is 0.0444. The molecule has 1 aromatic carbocycles. The van der Waals surface area contributed by atoms with Crippen molar-refractivity contribution in [3.05, 3.63) is 35.4 Å². The van der Waals surface area contributed by atoms with E-state index in [4.69, 9.17) is 5.11 Å². The van der Waals surface area contributed by atoms with Crippen LogP contribution in [0.4, 0.5) is 4.79 Å². The summed E-state index contributed by atoms with van der Waals surface area (Å²) in [4.78, 5) is 34.5. The van der Waals surface area contributed by atoms with E-state index in [0.717, 1.165) is 24.8 Å². The molecule has 7 nitrogen and oxygen atoms in total. The minimum atomic E-state index is -0.983. The first-order valence-corrected chi connectivity index (χ1v) is 7.59. The number of benzene rings is 1. The van der Waals surface area contributed by atoms with Crippen molar-refractivity contribution >= 4 is 17.9 Å². The monoisotopic (exact) mass is 319 g/mol. The third-order valence-corrected chi connectivity index (χ3v) is 4.07. The van der Waals surface area contributed by atoms with Gasteiger partial charge in [0.1, 0.15) is 0 Å². The average molecular weight is 319 g/mol. The molecular weight excluding hydrogens is 298 g/mol. The summed E-state index contributed by atoms with van der Waals surface area (Å²) in [7, 11) is 1.60. The Kier molecular flexibility index (Phi) is 5.56. The second-order valence-corrected chi connectivity index (χ2v) is 5.59. The lowest BCUT2D eigenvalue weighted by Gasteiger charge is -2.20. The molecule has 2 unspecified atom stereocenters. The molecule has 0 heterocycles. The molecule has 1 saturated carbocycles. The highest BCUT2D eigenvalue weighted by Gasteiger charge is 2.33. The van der Waals surface area contributed by atoms with Gasteiger partial charge in [0.05, 0.1) is 11.5 Å². The lowest BCUT2D eigenvalue weighted by atomic mass is 10.0. The zero-order chi connectivity index (χ0) is 16.8. The van der Waals surface area contributed by atoms with Crippen LogP contribution in [0.1, 0.15) is 35.2 Å². The fourth-order valence-electron chi connectivity index (χ4n) is 2.80. The van der Waals surface area contributed by atoms with Gasteiger partial charge in [0, 0.05) is 19.6 Å². The highest BCUT2D eigenvalue weighted by molar-refractivity contribution is 5.87. The second kappa shape index (κ2) is 7.62. The van der Waals surface area contributed by atoms with E-state index in [2.05, 4.69) is 16.0 Å². The highest BCUT2D eigenvalue weighted by Crippen LogP contribution is 2.25. The topological polar surface area (TPSA) is 108 Å². The lowest BCUT2D eigenvalue weighted by molar-refractivity contribution is -0.124. The van der Waals surface area contributed by atoms with E-state index in [0.29, 0.717) is 6.54 Å². The molecule has 1 fully saturated rings. The van der Waals surface area contributed by atoms with Crippen LogP contribution in [0.15, 0.2) is 24.3 Å². The zero-order valence-electron chi connectivity index (χ0n) is 13.0. The fraction of sp³-hybridized carbons (Fsp3) is 0.438. The standard InChI is InChI=1S/C16H21N3O4/c1-17-14(20)12-3-2-4-13(12)19-16(23)18-9-10-5-7-11(8-6-10)15(21)22/h5-8,12-13H,2-4,9H2,1H3,(H,17,20)(H,21,22)(H2,18,19,23). The number of nitrogens with one attached hydrogen (secondary N) is 3. The number of carbonyl (C=O) groups is 3. The molecule has 0 bridgehead atoms. The molecule has 3 amide bonds. The van der Waals surface area contributed by atoms with Gasteiger partial charge in [0.2, 0.25) is 5.91 Å². The molecule has 0 spiro atoms. The first-order valence-electron chi connectivity index (χ1n) is 7.59. The van der Waals surface area contributed by atoms with Gasteiger partial charge in [-0.1, -0.05) is 18.6 Å². The van der Waals surface area contributed by atoms with Crippen LogP contribution in [-0.4, -0.2) is 36.1 Å². The maximum absolute atomic E-state index is 12.0. The Morgan fingerprint density at radius 2 is 1.87 bits per heavy atom. The van der Waals surface area contributed by atoms with Crippen LogP contribution in [-0.2, 0) is 11.3 Å². The van der Waals surface area contributed by atoms with Crippen LogP contribution in [0.25, 0.3) is 0 Å². The summed E-state index contributed by atoms with van der Waals surface area (Å²) in [5.41, 5.74) is 1.01. The van der Waals surface area contributed by atoms with Gasteiger partial charge in [-0.05, 0) is 30.5 Å². The average Bonchev–Trinajstić information content (AvgIpc) is 3.00. The van der Waals surface area contributed by atoms with Crippen molar-refractivity contribution in [2.24, 2.45) is 5.92 Å². The van der Waals surface area contributed by atoms with Crippen molar-refractivity contribution in [3.63, 3.8) is 0 Å². The molecule has 2 rings (SSSR count). The SMILES string of the molecule is CNC(=O)C1CCCC1NC(=O)NCc1ccc(C(=O)O)cc1. The number of hydrogen-bond acceptors (Lipinski definition) is 3. The number of carboxylic acids is 1. The van der Waals surface area contributed by atoms with E-state index in [9.17, 15) is 14.4 Å². The molecule has 0 aromatic heterocycles. The number of aromatic carboxylic acids is 1. The second-order valence-electron chi connectivity index (χ2n) is 5.59. The van der Waals surface area contributed by atoms with Crippen molar-refractivity contribution < 1.29 is 19.5 Å². The summed E-state index contributed by atoms with van der Waals surface area (Å²) in [6, 6.07) is 5.84. The number of urea groups is 1. The predicted molar refractivity (Wildman–Crippen MR) is 84.0 cm³/mol. The van der Waals surface area contributed by atoms with Gasteiger partial charge in [0.25, 0.3) is 0 Å². The molecular formula is C16H21N3O4. The molecule has 23 heavy (non-hydrogen) atoms. The highest BCUT2D eigenvalue weighted by atomic mass is 16.4. The smallest absolute Gasteiger partial charge is 0.335 e. The van der Waals surface area contributed by atoms with Crippen LogP contribution in [0.2, 0.25) is 0 Å². The minimum Gasteiger partial charge on any atom is -0.478 e. The van der Waals surface area contributed by atoms with Crippen molar-refractivity contribution in [2.75, 3.05) is 7.05 Å². The van der Waals surface area contributed by atoms with Gasteiger partial charge in [-0.2, -0.15) is 0 Å². The van der Waals surface area contributed by atoms with Gasteiger partial charge in [-0.3, -0.25) is 4.79 Å². The third-order valence-electron chi connectivity index (χ3n) is 4.07. The number of amides is 3. The van der Waals surface area contributed by atoms with Gasteiger partial charge >= 0.3 is 12.0 Å². The summed E-state index contributed by atoms with van der Waals surface area (Å²) < 4.78 is 0. The molecule has 0 aliphatic heterocycles. The molecule has 1 aliphatic rings. The van der Waals surface area contributed by atoms with E-state index in [1.165, 1.54) is 12.1 Å². The first kappa shape index (κ1) is 16.8. The predicted octanol–water partition coefficient (Wildman–Crippen LogP) is 1.10. The zero-order valence-corrected chi connectivity index (χ0v) is 13.0. The summed E-state index contributed by atoms with van der Waals surface area (Å²) >= 11 is 0. The van der Waals surface area contributed by atoms with Gasteiger partial charge < -0.3 is 21.1 Å². The normalized spacial score (nSPS) is 19.9. The van der Waals surface area contributed by atoms with E-state index in [1.54, 1.807) is 19.2 Å². The van der Waals surface area contributed by atoms with Gasteiger partial charge in [-0.25, -0.2) is 9.59 Å². The van der Waals surface area contributed by atoms with Crippen molar-refractivity contribution in [3.8, 4) is 0 Å². The number of rotatable bonds is 5. The van der Waals surface area contributed by atoms with Crippen LogP contribution < -0.4 is 16.0 Å². The maximum atomic E-state index is 12.0. The largest absolute Gasteiger partial charge is 0.478 e. The molecule has 1 aliphatic carbocycles. The van der Waals surface area contributed by atoms with Crippen LogP contribution >= 0.6 is 0 Å². The Bertz CT molecular complexity index is 585. The Morgan fingerprint density at radius 1 is 1.17 bits per heavy atom. The Morgan fingerprint density at radius 3 is 2.48 bits per heavy atom. The van der Waals surface area contributed by atoms with Gasteiger partial charge in [0.15, 0.2) is 0 Å². The molecule has 0 saturated heterocycles. The number of hydrogen-bond donors (Lipinski definition) is 4. The molecule has 124 valence electrons. The Labute approximate surface area is 134 Å². The third kappa shape index (κ3) is 4.45. The van der Waals surface area contributed by atoms with Gasteiger partial charge in [-0.15, -0.1) is 0 Å². The summed E-state index contributed by atoms with van der Waals surface area (Å²) in [5, 5.41) is 17.0. The number of carbonyl (C=O) groups excluding carboxylic acids is 2. The van der Waals surface area contributed by atoms with E-state index >= 15 is 0 Å². The summed E-state index contributed by atoms with van der Waals surface area (Å²) in [6.07, 6.45) is 2.49. The molecule has 4 N–H and O–H groups in total. The Hall–Kier alpha value is -2.57. The van der Waals surface area contributed by atoms with Crippen molar-refractivity contribution in [1.82, 2.24) is 16.0 Å². The van der Waals surface area contributed by atoms with Crippen LogP contribution in [0, 0.1) is 5.92 Å². The lowest BCUT2D eigenvalue weighted by Crippen LogP contribution is -2.46. The van der Waals surface area contributed by atoms with Crippen LogP contribution in [0.3, 0.4) is 0 Å². The van der Waals surface area contributed by atoms with Crippen molar-refractivity contribution in [1.29, 1.82) is 0 Å². The first-order chi connectivity index (χ1) is 11.0. The maximum Gasteiger partial charge on any atom is 0.335 e. The van der Waals surface area contributed by atoms with E-state index in [1.807, 2.05) is 0 Å². The molecule has 2 atom stereocenters. The van der Waals surface area contributed by atoms with Crippen molar-refractivity contribution in [2.45, 2.75) is 31.8 Å². The van der Waals surface area contributed by atoms with E-state index in [-0.39, 0.29) is 29.5 Å². The fourth-order valence-corrected chi connectivity index (χ4v) is 2.80. The molecule has 0 radical (unpaired) electrons. The summed E-state index contributed by atoms with van der Waals surface area (Å²) in [6.45, 7) is 0.295. The quantitative estimate of drug-likeness (QED) is 0.652.